The van der Waals surface area contributed by atoms with Crippen LogP contribution in [0.15, 0.2) is 53.1 Å². The summed E-state index contributed by atoms with van der Waals surface area (Å²) in [5.74, 6) is 0.423. The van der Waals surface area contributed by atoms with Crippen molar-refractivity contribution in [3.05, 3.63) is 71.3 Å². The number of benzene rings is 2. The molecule has 2 aromatic carbocycles. The Kier molecular flexibility index (Phi) is 4.71. The van der Waals surface area contributed by atoms with E-state index in [0.29, 0.717) is 30.9 Å². The van der Waals surface area contributed by atoms with Gasteiger partial charge in [-0.3, -0.25) is 4.79 Å². The smallest absolute Gasteiger partial charge is 0.258 e. The first-order chi connectivity index (χ1) is 13.1. The van der Waals surface area contributed by atoms with Gasteiger partial charge >= 0.3 is 0 Å². The van der Waals surface area contributed by atoms with E-state index in [2.05, 4.69) is 35.3 Å². The predicted molar refractivity (Wildman–Crippen MR) is 98.5 cm³/mol. The van der Waals surface area contributed by atoms with Crippen LogP contribution in [0.1, 0.15) is 29.3 Å². The van der Waals surface area contributed by atoms with Gasteiger partial charge in [0.25, 0.3) is 5.89 Å². The summed E-state index contributed by atoms with van der Waals surface area (Å²) < 4.78 is 18.6. The molecule has 1 atom stereocenters. The zero-order valence-corrected chi connectivity index (χ0v) is 15.1. The Hall–Kier alpha value is -3.02. The number of nitrogens with zero attached hydrogens (tertiary/aromatic N) is 3. The number of halogens is 1. The molecule has 1 fully saturated rings. The summed E-state index contributed by atoms with van der Waals surface area (Å²) in [6.07, 6.45) is 1.19. The van der Waals surface area contributed by atoms with E-state index in [4.69, 9.17) is 4.52 Å². The predicted octanol–water partition coefficient (Wildman–Crippen LogP) is 3.74. The van der Waals surface area contributed by atoms with Gasteiger partial charge in [-0.05, 0) is 37.1 Å². The van der Waals surface area contributed by atoms with Crippen molar-refractivity contribution in [3.63, 3.8) is 0 Å². The summed E-state index contributed by atoms with van der Waals surface area (Å²) in [5.41, 5.74) is 2.98. The lowest BCUT2D eigenvalue weighted by Gasteiger charge is -2.16. The number of carbonyl (C=O) groups is 1. The normalized spacial score (nSPS) is 16.9. The van der Waals surface area contributed by atoms with E-state index in [1.807, 2.05) is 11.0 Å². The molecule has 0 aliphatic carbocycles. The third-order valence-corrected chi connectivity index (χ3v) is 4.85. The summed E-state index contributed by atoms with van der Waals surface area (Å²) in [7, 11) is 0. The summed E-state index contributed by atoms with van der Waals surface area (Å²) in [6, 6.07) is 14.3. The minimum Gasteiger partial charge on any atom is -0.342 e. The highest BCUT2D eigenvalue weighted by Crippen LogP contribution is 2.28. The molecule has 2 heterocycles. The molecule has 1 aromatic heterocycles. The van der Waals surface area contributed by atoms with Gasteiger partial charge in [0, 0.05) is 31.0 Å². The van der Waals surface area contributed by atoms with Gasteiger partial charge in [0.2, 0.25) is 5.91 Å². The number of likely N-dealkylation sites (tertiary alicyclic amines) is 1. The maximum atomic E-state index is 13.4. The van der Waals surface area contributed by atoms with E-state index >= 15 is 0 Å². The monoisotopic (exact) mass is 365 g/mol. The van der Waals surface area contributed by atoms with Crippen LogP contribution in [0.4, 0.5) is 4.39 Å². The van der Waals surface area contributed by atoms with E-state index in [0.717, 1.165) is 6.42 Å². The zero-order valence-electron chi connectivity index (χ0n) is 15.1. The van der Waals surface area contributed by atoms with E-state index < -0.39 is 0 Å². The first-order valence-corrected chi connectivity index (χ1v) is 9.01. The van der Waals surface area contributed by atoms with Gasteiger partial charge in [-0.15, -0.1) is 0 Å². The first kappa shape index (κ1) is 17.4. The van der Waals surface area contributed by atoms with Crippen LogP contribution in [0.25, 0.3) is 11.5 Å². The van der Waals surface area contributed by atoms with Crippen LogP contribution in [0.5, 0.6) is 0 Å². The van der Waals surface area contributed by atoms with Crippen LogP contribution in [-0.2, 0) is 11.2 Å². The number of amides is 1. The van der Waals surface area contributed by atoms with Gasteiger partial charge in [-0.25, -0.2) is 4.39 Å². The number of aryl methyl sites for hydroxylation is 1. The minimum absolute atomic E-state index is 0.0962. The molecule has 138 valence electrons. The lowest BCUT2D eigenvalue weighted by molar-refractivity contribution is -0.127. The van der Waals surface area contributed by atoms with E-state index in [-0.39, 0.29) is 23.5 Å². The summed E-state index contributed by atoms with van der Waals surface area (Å²) in [6.45, 7) is 3.31. The highest BCUT2D eigenvalue weighted by Gasteiger charge is 2.33. The van der Waals surface area contributed by atoms with Crippen molar-refractivity contribution in [1.82, 2.24) is 15.0 Å². The molecule has 0 radical (unpaired) electrons. The molecule has 1 unspecified atom stereocenters. The van der Waals surface area contributed by atoms with Gasteiger partial charge in [0.05, 0.1) is 0 Å². The van der Waals surface area contributed by atoms with Gasteiger partial charge in [0.1, 0.15) is 5.82 Å². The van der Waals surface area contributed by atoms with E-state index in [1.54, 1.807) is 12.1 Å². The topological polar surface area (TPSA) is 59.2 Å². The van der Waals surface area contributed by atoms with Crippen LogP contribution >= 0.6 is 0 Å². The molecule has 0 N–H and O–H groups in total. The second-order valence-corrected chi connectivity index (χ2v) is 6.95. The Morgan fingerprint density at radius 3 is 2.89 bits per heavy atom. The molecule has 0 bridgehead atoms. The molecule has 5 nitrogen and oxygen atoms in total. The Morgan fingerprint density at radius 1 is 1.22 bits per heavy atom. The van der Waals surface area contributed by atoms with Crippen LogP contribution in [0.2, 0.25) is 0 Å². The molecule has 6 heteroatoms. The lowest BCUT2D eigenvalue weighted by Crippen LogP contribution is -2.27. The third-order valence-electron chi connectivity index (χ3n) is 4.85. The molecule has 1 aliphatic rings. The van der Waals surface area contributed by atoms with Crippen molar-refractivity contribution in [2.75, 3.05) is 13.1 Å². The summed E-state index contributed by atoms with van der Waals surface area (Å²) in [4.78, 5) is 18.6. The number of carbonyl (C=O) groups excluding carboxylic acids is 1. The van der Waals surface area contributed by atoms with Crippen molar-refractivity contribution < 1.29 is 13.7 Å². The fourth-order valence-electron chi connectivity index (χ4n) is 3.43. The summed E-state index contributed by atoms with van der Waals surface area (Å²) in [5, 5.41) is 4.02. The second-order valence-electron chi connectivity index (χ2n) is 6.95. The fourth-order valence-corrected chi connectivity index (χ4v) is 3.43. The van der Waals surface area contributed by atoms with Crippen LogP contribution in [-0.4, -0.2) is 34.0 Å². The molecule has 0 spiro atoms. The molecule has 1 amide bonds. The Labute approximate surface area is 156 Å². The van der Waals surface area contributed by atoms with Crippen LogP contribution in [0, 0.1) is 12.7 Å². The highest BCUT2D eigenvalue weighted by atomic mass is 19.1. The van der Waals surface area contributed by atoms with Crippen molar-refractivity contribution >= 4 is 5.91 Å². The quantitative estimate of drug-likeness (QED) is 0.691. The fraction of sp³-hybridized carbons (Fsp3) is 0.286. The van der Waals surface area contributed by atoms with Crippen LogP contribution in [0.3, 0.4) is 0 Å². The number of hydrogen-bond donors (Lipinski definition) is 0. The molecule has 0 saturated carbocycles. The molecule has 27 heavy (non-hydrogen) atoms. The van der Waals surface area contributed by atoms with Crippen molar-refractivity contribution in [2.24, 2.45) is 0 Å². The molecule has 4 rings (SSSR count). The third kappa shape index (κ3) is 3.89. The second kappa shape index (κ2) is 7.31. The zero-order chi connectivity index (χ0) is 18.8. The minimum atomic E-state index is -0.356. The lowest BCUT2D eigenvalue weighted by atomic mass is 10.1. The van der Waals surface area contributed by atoms with Gasteiger partial charge in [-0.2, -0.15) is 4.98 Å². The largest absolute Gasteiger partial charge is 0.342 e. The van der Waals surface area contributed by atoms with Gasteiger partial charge in [-0.1, -0.05) is 41.1 Å². The number of aromatic nitrogens is 2. The molecular weight excluding hydrogens is 345 g/mol. The van der Waals surface area contributed by atoms with Crippen molar-refractivity contribution in [2.45, 2.75) is 25.7 Å². The van der Waals surface area contributed by atoms with E-state index in [9.17, 15) is 9.18 Å². The Morgan fingerprint density at radius 2 is 2.07 bits per heavy atom. The SMILES string of the molecule is Cc1cccc(CCN2CC(c3noc(-c4cccc(F)c4)n3)CC2=O)c1. The average Bonchev–Trinajstić information content (AvgIpc) is 3.27. The molecular formula is C21H20FN3O2. The van der Waals surface area contributed by atoms with Gasteiger partial charge in [0.15, 0.2) is 5.82 Å². The summed E-state index contributed by atoms with van der Waals surface area (Å²) >= 11 is 0. The highest BCUT2D eigenvalue weighted by molar-refractivity contribution is 5.79. The maximum absolute atomic E-state index is 13.4. The number of hydrogen-bond acceptors (Lipinski definition) is 4. The Balaban J connectivity index is 1.42. The maximum Gasteiger partial charge on any atom is 0.258 e. The van der Waals surface area contributed by atoms with Crippen molar-refractivity contribution in [1.29, 1.82) is 0 Å². The molecule has 1 saturated heterocycles. The Bertz CT molecular complexity index is 969. The van der Waals surface area contributed by atoms with Gasteiger partial charge < -0.3 is 9.42 Å². The molecule has 3 aromatic rings. The van der Waals surface area contributed by atoms with E-state index in [1.165, 1.54) is 23.3 Å². The standard InChI is InChI=1S/C21H20FN3O2/c1-14-4-2-5-15(10-14)8-9-25-13-17(12-19(25)26)20-23-21(27-24-20)16-6-3-7-18(22)11-16/h2-7,10-11,17H,8-9,12-13H2,1H3. The first-order valence-electron chi connectivity index (χ1n) is 9.01. The average molecular weight is 365 g/mol. The van der Waals surface area contributed by atoms with Crippen molar-refractivity contribution in [3.8, 4) is 11.5 Å². The number of rotatable bonds is 5. The van der Waals surface area contributed by atoms with Crippen LogP contribution < -0.4 is 0 Å². The molecule has 1 aliphatic heterocycles.